The molecule has 1 aromatic heterocycles. The first kappa shape index (κ1) is 16.3. The SMILES string of the molecule is O=C(NCc1ccnc(N2CCCC2)n1)Nc1ccc2ccccc2c1. The van der Waals surface area contributed by atoms with Crippen molar-refractivity contribution in [3.05, 3.63) is 60.4 Å². The van der Waals surface area contributed by atoms with Crippen molar-refractivity contribution in [1.29, 1.82) is 0 Å². The zero-order valence-corrected chi connectivity index (χ0v) is 14.5. The Kier molecular flexibility index (Phi) is 4.64. The number of aromatic nitrogens is 2. The van der Waals surface area contributed by atoms with E-state index in [4.69, 9.17) is 0 Å². The van der Waals surface area contributed by atoms with Crippen LogP contribution in [0.3, 0.4) is 0 Å². The van der Waals surface area contributed by atoms with Crippen LogP contribution in [0.25, 0.3) is 10.8 Å². The van der Waals surface area contributed by atoms with Crippen molar-refractivity contribution >= 4 is 28.4 Å². The Labute approximate surface area is 152 Å². The van der Waals surface area contributed by atoms with Gasteiger partial charge in [-0.3, -0.25) is 0 Å². The molecule has 6 nitrogen and oxygen atoms in total. The number of amides is 2. The van der Waals surface area contributed by atoms with Crippen LogP contribution in [0, 0.1) is 0 Å². The number of hydrogen-bond donors (Lipinski definition) is 2. The number of nitrogens with zero attached hydrogens (tertiary/aromatic N) is 3. The van der Waals surface area contributed by atoms with E-state index in [1.807, 2.05) is 48.5 Å². The number of hydrogen-bond acceptors (Lipinski definition) is 4. The summed E-state index contributed by atoms with van der Waals surface area (Å²) in [7, 11) is 0. The first-order valence-corrected chi connectivity index (χ1v) is 8.88. The molecular weight excluding hydrogens is 326 g/mol. The molecule has 1 aliphatic heterocycles. The van der Waals surface area contributed by atoms with Crippen molar-refractivity contribution in [2.75, 3.05) is 23.3 Å². The molecule has 2 heterocycles. The standard InChI is InChI=1S/C20H21N5O/c26-20(24-17-8-7-15-5-1-2-6-16(15)13-17)22-14-18-9-10-21-19(23-18)25-11-3-4-12-25/h1-2,5-10,13H,3-4,11-12,14H2,(H2,22,24,26). The van der Waals surface area contributed by atoms with Crippen molar-refractivity contribution in [2.24, 2.45) is 0 Å². The van der Waals surface area contributed by atoms with Gasteiger partial charge in [0.2, 0.25) is 5.95 Å². The Bertz CT molecular complexity index is 921. The van der Waals surface area contributed by atoms with E-state index in [9.17, 15) is 4.79 Å². The predicted octanol–water partition coefficient (Wildman–Crippen LogP) is 3.55. The van der Waals surface area contributed by atoms with Gasteiger partial charge < -0.3 is 15.5 Å². The first-order valence-electron chi connectivity index (χ1n) is 8.88. The van der Waals surface area contributed by atoms with E-state index in [1.165, 1.54) is 12.8 Å². The molecule has 1 fully saturated rings. The topological polar surface area (TPSA) is 70.2 Å². The summed E-state index contributed by atoms with van der Waals surface area (Å²) in [6.07, 6.45) is 4.11. The van der Waals surface area contributed by atoms with Gasteiger partial charge >= 0.3 is 6.03 Å². The van der Waals surface area contributed by atoms with E-state index in [2.05, 4.69) is 25.5 Å². The molecule has 0 atom stereocenters. The largest absolute Gasteiger partial charge is 0.341 e. The maximum absolute atomic E-state index is 12.2. The van der Waals surface area contributed by atoms with Gasteiger partial charge in [-0.05, 0) is 41.8 Å². The van der Waals surface area contributed by atoms with Crippen molar-refractivity contribution in [3.63, 3.8) is 0 Å². The lowest BCUT2D eigenvalue weighted by Crippen LogP contribution is -2.29. The molecule has 6 heteroatoms. The lowest BCUT2D eigenvalue weighted by Gasteiger charge is -2.15. The molecule has 3 aromatic rings. The van der Waals surface area contributed by atoms with Crippen molar-refractivity contribution in [1.82, 2.24) is 15.3 Å². The van der Waals surface area contributed by atoms with Crippen molar-refractivity contribution < 1.29 is 4.79 Å². The summed E-state index contributed by atoms with van der Waals surface area (Å²) >= 11 is 0. The molecule has 0 spiro atoms. The van der Waals surface area contributed by atoms with Gasteiger partial charge in [0.15, 0.2) is 0 Å². The molecule has 0 unspecified atom stereocenters. The van der Waals surface area contributed by atoms with Crippen LogP contribution in [0.2, 0.25) is 0 Å². The van der Waals surface area contributed by atoms with Gasteiger partial charge in [-0.25, -0.2) is 14.8 Å². The summed E-state index contributed by atoms with van der Waals surface area (Å²) in [6.45, 7) is 2.36. The lowest BCUT2D eigenvalue weighted by atomic mass is 10.1. The molecule has 2 N–H and O–H groups in total. The smallest absolute Gasteiger partial charge is 0.319 e. The molecule has 2 amide bonds. The fraction of sp³-hybridized carbons (Fsp3) is 0.250. The number of fused-ring (bicyclic) bond motifs is 1. The molecule has 2 aromatic carbocycles. The molecule has 132 valence electrons. The average Bonchev–Trinajstić information content (AvgIpc) is 3.21. The Balaban J connectivity index is 1.36. The van der Waals surface area contributed by atoms with Crippen molar-refractivity contribution in [3.8, 4) is 0 Å². The quantitative estimate of drug-likeness (QED) is 0.757. The van der Waals surface area contributed by atoms with E-state index in [0.717, 1.165) is 41.2 Å². The summed E-state index contributed by atoms with van der Waals surface area (Å²) in [5, 5.41) is 7.97. The molecule has 1 saturated heterocycles. The number of nitrogens with one attached hydrogen (secondary N) is 2. The van der Waals surface area contributed by atoms with E-state index in [1.54, 1.807) is 6.20 Å². The second kappa shape index (κ2) is 7.39. The van der Waals surface area contributed by atoms with Gasteiger partial charge in [0.05, 0.1) is 12.2 Å². The van der Waals surface area contributed by atoms with Crippen LogP contribution in [0.5, 0.6) is 0 Å². The third kappa shape index (κ3) is 3.74. The molecule has 4 rings (SSSR count). The van der Waals surface area contributed by atoms with Gasteiger partial charge in [0.1, 0.15) is 0 Å². The van der Waals surface area contributed by atoms with E-state index >= 15 is 0 Å². The molecule has 26 heavy (non-hydrogen) atoms. The Morgan fingerprint density at radius 2 is 1.85 bits per heavy atom. The monoisotopic (exact) mass is 347 g/mol. The van der Waals surface area contributed by atoms with Gasteiger partial charge in [-0.1, -0.05) is 30.3 Å². The van der Waals surface area contributed by atoms with E-state index in [-0.39, 0.29) is 6.03 Å². The first-order chi connectivity index (χ1) is 12.8. The van der Waals surface area contributed by atoms with Gasteiger partial charge in [-0.2, -0.15) is 0 Å². The van der Waals surface area contributed by atoms with Crippen LogP contribution in [-0.4, -0.2) is 29.1 Å². The third-order valence-corrected chi connectivity index (χ3v) is 4.53. The minimum Gasteiger partial charge on any atom is -0.341 e. The molecule has 0 saturated carbocycles. The highest BCUT2D eigenvalue weighted by molar-refractivity contribution is 5.93. The highest BCUT2D eigenvalue weighted by Crippen LogP contribution is 2.19. The molecular formula is C20H21N5O. The van der Waals surface area contributed by atoms with Crippen LogP contribution in [0.1, 0.15) is 18.5 Å². The Morgan fingerprint density at radius 3 is 2.69 bits per heavy atom. The molecule has 1 aliphatic rings. The van der Waals surface area contributed by atoms with E-state index < -0.39 is 0 Å². The summed E-state index contributed by atoms with van der Waals surface area (Å²) in [6, 6.07) is 15.5. The minimum atomic E-state index is -0.249. The van der Waals surface area contributed by atoms with Crippen LogP contribution in [0.4, 0.5) is 16.4 Å². The summed E-state index contributed by atoms with van der Waals surface area (Å²) < 4.78 is 0. The number of urea groups is 1. The number of rotatable bonds is 4. The maximum atomic E-state index is 12.2. The number of carbonyl (C=O) groups excluding carboxylic acids is 1. The fourth-order valence-corrected chi connectivity index (χ4v) is 3.17. The summed E-state index contributed by atoms with van der Waals surface area (Å²) in [5.41, 5.74) is 1.57. The van der Waals surface area contributed by atoms with E-state index in [0.29, 0.717) is 6.54 Å². The highest BCUT2D eigenvalue weighted by atomic mass is 16.2. The second-order valence-corrected chi connectivity index (χ2v) is 6.41. The van der Waals surface area contributed by atoms with Crippen LogP contribution in [-0.2, 0) is 6.54 Å². The van der Waals surface area contributed by atoms with Crippen LogP contribution >= 0.6 is 0 Å². The molecule has 0 radical (unpaired) electrons. The van der Waals surface area contributed by atoms with Gasteiger partial charge in [0, 0.05) is 25.0 Å². The fourth-order valence-electron chi connectivity index (χ4n) is 3.17. The second-order valence-electron chi connectivity index (χ2n) is 6.41. The minimum absolute atomic E-state index is 0.249. The molecule has 0 aliphatic carbocycles. The number of benzene rings is 2. The Hall–Kier alpha value is -3.15. The van der Waals surface area contributed by atoms with Crippen LogP contribution < -0.4 is 15.5 Å². The molecule has 0 bridgehead atoms. The highest BCUT2D eigenvalue weighted by Gasteiger charge is 2.15. The summed E-state index contributed by atoms with van der Waals surface area (Å²) in [4.78, 5) is 23.2. The zero-order chi connectivity index (χ0) is 17.8. The predicted molar refractivity (Wildman–Crippen MR) is 103 cm³/mol. The lowest BCUT2D eigenvalue weighted by molar-refractivity contribution is 0.251. The Morgan fingerprint density at radius 1 is 1.04 bits per heavy atom. The maximum Gasteiger partial charge on any atom is 0.319 e. The third-order valence-electron chi connectivity index (χ3n) is 4.53. The van der Waals surface area contributed by atoms with Crippen molar-refractivity contribution in [2.45, 2.75) is 19.4 Å². The average molecular weight is 347 g/mol. The summed E-state index contributed by atoms with van der Waals surface area (Å²) in [5.74, 6) is 0.747. The van der Waals surface area contributed by atoms with Gasteiger partial charge in [0.25, 0.3) is 0 Å². The van der Waals surface area contributed by atoms with Crippen LogP contribution in [0.15, 0.2) is 54.7 Å². The number of anilines is 2. The van der Waals surface area contributed by atoms with Gasteiger partial charge in [-0.15, -0.1) is 0 Å². The zero-order valence-electron chi connectivity index (χ0n) is 14.5. The normalized spacial score (nSPS) is 13.8. The number of carbonyl (C=O) groups is 1.